The molecule has 3 heterocycles. The SMILES string of the molecule is O=C(O)c1ccn(C(=O)N2CCN(Cc3cc(N4CCCC4)cc(C(F)(F)F)c3)CC2)n1. The quantitative estimate of drug-likeness (QED) is 0.770. The minimum absolute atomic E-state index is 0.213. The minimum atomic E-state index is -4.41. The Morgan fingerprint density at radius 3 is 2.28 bits per heavy atom. The van der Waals surface area contributed by atoms with Gasteiger partial charge in [0.1, 0.15) is 0 Å². The molecule has 0 radical (unpaired) electrons. The molecule has 172 valence electrons. The number of aromatic nitrogens is 2. The molecular weight excluding hydrogens is 427 g/mol. The molecule has 4 rings (SSSR count). The summed E-state index contributed by atoms with van der Waals surface area (Å²) < 4.78 is 41.3. The van der Waals surface area contributed by atoms with Crippen LogP contribution in [0.25, 0.3) is 0 Å². The lowest BCUT2D eigenvalue weighted by atomic mass is 10.1. The lowest BCUT2D eigenvalue weighted by Crippen LogP contribution is -2.49. The fourth-order valence-electron chi connectivity index (χ4n) is 4.13. The Bertz CT molecular complexity index is 993. The second-order valence-electron chi connectivity index (χ2n) is 8.08. The van der Waals surface area contributed by atoms with Crippen molar-refractivity contribution in [2.75, 3.05) is 44.2 Å². The van der Waals surface area contributed by atoms with Gasteiger partial charge in [-0.15, -0.1) is 0 Å². The van der Waals surface area contributed by atoms with Gasteiger partial charge in [-0.1, -0.05) is 0 Å². The van der Waals surface area contributed by atoms with E-state index in [0.29, 0.717) is 44.0 Å². The van der Waals surface area contributed by atoms with Crippen molar-refractivity contribution in [1.29, 1.82) is 0 Å². The number of rotatable bonds is 4. The van der Waals surface area contributed by atoms with E-state index in [4.69, 9.17) is 5.11 Å². The molecule has 2 aliphatic rings. The molecule has 0 spiro atoms. The van der Waals surface area contributed by atoms with E-state index in [-0.39, 0.29) is 5.69 Å². The maximum absolute atomic E-state index is 13.4. The van der Waals surface area contributed by atoms with Crippen LogP contribution in [0, 0.1) is 0 Å². The summed E-state index contributed by atoms with van der Waals surface area (Å²) in [5.41, 5.74) is 0.350. The van der Waals surface area contributed by atoms with Gasteiger partial charge in [0.2, 0.25) is 0 Å². The van der Waals surface area contributed by atoms with Crippen molar-refractivity contribution in [3.05, 3.63) is 47.3 Å². The van der Waals surface area contributed by atoms with Crippen LogP contribution in [0.1, 0.15) is 34.5 Å². The van der Waals surface area contributed by atoms with Crippen LogP contribution in [0.15, 0.2) is 30.5 Å². The van der Waals surface area contributed by atoms with E-state index in [1.165, 1.54) is 24.4 Å². The van der Waals surface area contributed by atoms with Gasteiger partial charge in [0.05, 0.1) is 5.56 Å². The van der Waals surface area contributed by atoms with Gasteiger partial charge in [-0.2, -0.15) is 23.0 Å². The molecule has 0 saturated carbocycles. The fourth-order valence-corrected chi connectivity index (χ4v) is 4.13. The third-order valence-electron chi connectivity index (χ3n) is 5.83. The summed E-state index contributed by atoms with van der Waals surface area (Å²) in [4.78, 5) is 29.0. The van der Waals surface area contributed by atoms with Crippen LogP contribution in [0.5, 0.6) is 0 Å². The van der Waals surface area contributed by atoms with Crippen molar-refractivity contribution >= 4 is 17.7 Å². The highest BCUT2D eigenvalue weighted by atomic mass is 19.4. The number of alkyl halides is 3. The summed E-state index contributed by atoms with van der Waals surface area (Å²) in [7, 11) is 0. The number of piperazine rings is 1. The van der Waals surface area contributed by atoms with Gasteiger partial charge in [0.15, 0.2) is 5.69 Å². The number of nitrogens with zero attached hydrogens (tertiary/aromatic N) is 5. The highest BCUT2D eigenvalue weighted by Gasteiger charge is 2.32. The Hall–Kier alpha value is -3.08. The lowest BCUT2D eigenvalue weighted by molar-refractivity contribution is -0.137. The number of carboxylic acids is 1. The van der Waals surface area contributed by atoms with E-state index in [0.717, 1.165) is 30.6 Å². The predicted octanol–water partition coefficient (Wildman–Crippen LogP) is 2.99. The zero-order valence-electron chi connectivity index (χ0n) is 17.4. The molecule has 2 saturated heterocycles. The summed E-state index contributed by atoms with van der Waals surface area (Å²) in [6.07, 6.45) is -1.15. The molecule has 2 aliphatic heterocycles. The molecule has 1 N–H and O–H groups in total. The van der Waals surface area contributed by atoms with Gasteiger partial charge in [0, 0.05) is 57.7 Å². The highest BCUT2D eigenvalue weighted by Crippen LogP contribution is 2.34. The summed E-state index contributed by atoms with van der Waals surface area (Å²) in [6, 6.07) is 5.08. The molecule has 0 unspecified atom stereocenters. The Balaban J connectivity index is 1.41. The van der Waals surface area contributed by atoms with Gasteiger partial charge < -0.3 is 14.9 Å². The van der Waals surface area contributed by atoms with Crippen LogP contribution in [-0.4, -0.2) is 76.0 Å². The number of anilines is 1. The fraction of sp³-hybridized carbons (Fsp3) is 0.476. The molecule has 8 nitrogen and oxygen atoms in total. The maximum Gasteiger partial charge on any atom is 0.416 e. The third kappa shape index (κ3) is 4.87. The minimum Gasteiger partial charge on any atom is -0.476 e. The predicted molar refractivity (Wildman–Crippen MR) is 110 cm³/mol. The van der Waals surface area contributed by atoms with Gasteiger partial charge in [0.25, 0.3) is 0 Å². The molecule has 0 bridgehead atoms. The number of halogens is 3. The van der Waals surface area contributed by atoms with Gasteiger partial charge in [-0.05, 0) is 42.7 Å². The van der Waals surface area contributed by atoms with Crippen molar-refractivity contribution in [2.24, 2.45) is 0 Å². The van der Waals surface area contributed by atoms with Crippen LogP contribution in [-0.2, 0) is 12.7 Å². The molecule has 1 amide bonds. The number of carbonyl (C=O) groups is 2. The topological polar surface area (TPSA) is 81.9 Å². The number of carbonyl (C=O) groups excluding carboxylic acids is 1. The number of hydrogen-bond donors (Lipinski definition) is 1. The number of aromatic carboxylic acids is 1. The number of amides is 1. The van der Waals surface area contributed by atoms with Crippen molar-refractivity contribution in [3.63, 3.8) is 0 Å². The first-order valence-electron chi connectivity index (χ1n) is 10.5. The molecule has 1 aromatic carbocycles. The van der Waals surface area contributed by atoms with E-state index < -0.39 is 23.7 Å². The summed E-state index contributed by atoms with van der Waals surface area (Å²) in [5.74, 6) is -1.21. The van der Waals surface area contributed by atoms with Crippen molar-refractivity contribution in [1.82, 2.24) is 19.6 Å². The van der Waals surface area contributed by atoms with E-state index in [1.54, 1.807) is 4.90 Å². The average molecular weight is 451 g/mol. The molecule has 2 fully saturated rings. The monoisotopic (exact) mass is 451 g/mol. The van der Waals surface area contributed by atoms with Gasteiger partial charge in [-0.3, -0.25) is 4.90 Å². The molecule has 0 aliphatic carbocycles. The molecular formula is C21H24F3N5O3. The first kappa shape index (κ1) is 22.1. The molecule has 0 atom stereocenters. The largest absolute Gasteiger partial charge is 0.476 e. The number of hydrogen-bond acceptors (Lipinski definition) is 5. The standard InChI is InChI=1S/C21H24F3N5O3/c22-21(23,24)16-11-15(12-17(13-16)27-4-1-2-5-27)14-26-7-9-28(10-8-26)20(32)29-6-3-18(25-29)19(30)31/h3,6,11-13H,1-2,4-5,7-10,14H2,(H,30,31). The lowest BCUT2D eigenvalue weighted by Gasteiger charge is -2.34. The Kier molecular flexibility index (Phi) is 6.09. The first-order chi connectivity index (χ1) is 15.2. The third-order valence-corrected chi connectivity index (χ3v) is 5.83. The van der Waals surface area contributed by atoms with Crippen LogP contribution in [0.3, 0.4) is 0 Å². The smallest absolute Gasteiger partial charge is 0.416 e. The zero-order chi connectivity index (χ0) is 22.9. The number of carboxylic acid groups (broad SMARTS) is 1. The van der Waals surface area contributed by atoms with E-state index in [9.17, 15) is 22.8 Å². The van der Waals surface area contributed by atoms with E-state index in [2.05, 4.69) is 5.10 Å². The second kappa shape index (κ2) is 8.81. The first-order valence-corrected chi connectivity index (χ1v) is 10.5. The maximum atomic E-state index is 13.4. The Morgan fingerprint density at radius 2 is 1.69 bits per heavy atom. The molecule has 1 aromatic heterocycles. The normalized spacial score (nSPS) is 17.7. The number of benzene rings is 1. The van der Waals surface area contributed by atoms with Crippen LogP contribution in [0.2, 0.25) is 0 Å². The van der Waals surface area contributed by atoms with Gasteiger partial charge >= 0.3 is 18.2 Å². The zero-order valence-corrected chi connectivity index (χ0v) is 17.4. The van der Waals surface area contributed by atoms with E-state index in [1.807, 2.05) is 15.9 Å². The van der Waals surface area contributed by atoms with Crippen molar-refractivity contribution < 1.29 is 27.9 Å². The van der Waals surface area contributed by atoms with Crippen LogP contribution >= 0.6 is 0 Å². The summed E-state index contributed by atoms with van der Waals surface area (Å²) >= 11 is 0. The van der Waals surface area contributed by atoms with Crippen molar-refractivity contribution in [3.8, 4) is 0 Å². The van der Waals surface area contributed by atoms with Gasteiger partial charge in [-0.25, -0.2) is 9.59 Å². The summed E-state index contributed by atoms with van der Waals surface area (Å²) in [5, 5.41) is 12.7. The molecule has 11 heteroatoms. The molecule has 32 heavy (non-hydrogen) atoms. The Morgan fingerprint density at radius 1 is 1.00 bits per heavy atom. The van der Waals surface area contributed by atoms with Crippen LogP contribution in [0.4, 0.5) is 23.7 Å². The average Bonchev–Trinajstić information content (AvgIpc) is 3.45. The highest BCUT2D eigenvalue weighted by molar-refractivity contribution is 5.86. The Labute approximate surface area is 182 Å². The second-order valence-corrected chi connectivity index (χ2v) is 8.08. The van der Waals surface area contributed by atoms with Crippen LogP contribution < -0.4 is 4.90 Å². The van der Waals surface area contributed by atoms with Crippen molar-refractivity contribution in [2.45, 2.75) is 25.6 Å². The molecule has 2 aromatic rings. The van der Waals surface area contributed by atoms with E-state index >= 15 is 0 Å². The summed E-state index contributed by atoms with van der Waals surface area (Å²) in [6.45, 7) is 3.62.